The van der Waals surface area contributed by atoms with E-state index in [1.807, 2.05) is 0 Å². The van der Waals surface area contributed by atoms with Crippen molar-refractivity contribution in [2.24, 2.45) is 5.41 Å². The Bertz CT molecular complexity index is 701. The molecule has 0 N–H and O–H groups in total. The van der Waals surface area contributed by atoms with Crippen LogP contribution in [0.25, 0.3) is 0 Å². The van der Waals surface area contributed by atoms with Crippen LogP contribution in [0.4, 0.5) is 39.5 Å². The fourth-order valence-corrected chi connectivity index (χ4v) is 2.97. The topological polar surface area (TPSA) is 38.1 Å². The lowest BCUT2D eigenvalue weighted by Gasteiger charge is -2.33. The molecule has 0 unspecified atom stereocenters. The normalized spacial score (nSPS) is 18.4. The van der Waals surface area contributed by atoms with Crippen LogP contribution in [0.5, 0.6) is 0 Å². The Labute approximate surface area is 146 Å². The summed E-state index contributed by atoms with van der Waals surface area (Å²) in [5, 5.41) is 3.41. The summed E-state index contributed by atoms with van der Waals surface area (Å²) >= 11 is 0. The van der Waals surface area contributed by atoms with Gasteiger partial charge in [0.05, 0.1) is 11.8 Å². The van der Waals surface area contributed by atoms with Crippen molar-refractivity contribution in [2.45, 2.75) is 44.8 Å². The predicted octanol–water partition coefficient (Wildman–Crippen LogP) is 4.44. The van der Waals surface area contributed by atoms with Crippen LogP contribution in [0.3, 0.4) is 0 Å². The number of halogens is 9. The Kier molecular flexibility index (Phi) is 4.98. The second kappa shape index (κ2) is 6.30. The van der Waals surface area contributed by atoms with Gasteiger partial charge in [0.1, 0.15) is 0 Å². The maximum atomic E-state index is 13.3. The third-order valence-electron chi connectivity index (χ3n) is 4.43. The highest BCUT2D eigenvalue weighted by Crippen LogP contribution is 2.55. The van der Waals surface area contributed by atoms with E-state index >= 15 is 0 Å². The molecule has 1 fully saturated rings. The molecule has 2 heterocycles. The van der Waals surface area contributed by atoms with E-state index in [4.69, 9.17) is 0 Å². The van der Waals surface area contributed by atoms with E-state index in [9.17, 15) is 44.3 Å². The number of alkyl halides is 9. The number of hydrogen-bond donors (Lipinski definition) is 0. The maximum absolute atomic E-state index is 13.3. The number of amides is 1. The molecule has 1 aliphatic heterocycles. The van der Waals surface area contributed by atoms with Crippen molar-refractivity contribution in [2.75, 3.05) is 13.1 Å². The SMILES string of the molecule is CC(C)n1ncc(C(=O)N2CCC(C(F)(F)F)(C(F)(F)F)C2)c1C(F)(F)F. The summed E-state index contributed by atoms with van der Waals surface area (Å²) < 4.78 is 119. The first-order chi connectivity index (χ1) is 12.0. The van der Waals surface area contributed by atoms with E-state index < -0.39 is 66.7 Å². The van der Waals surface area contributed by atoms with Gasteiger partial charge in [0.25, 0.3) is 5.91 Å². The van der Waals surface area contributed by atoms with Crippen molar-refractivity contribution in [3.63, 3.8) is 0 Å². The first-order valence-electron chi connectivity index (χ1n) is 7.60. The molecule has 0 bridgehead atoms. The van der Waals surface area contributed by atoms with Crippen LogP contribution in [0.2, 0.25) is 0 Å². The fraction of sp³-hybridized carbons (Fsp3) is 0.714. The summed E-state index contributed by atoms with van der Waals surface area (Å²) in [6, 6.07) is -0.841. The standard InChI is InChI=1S/C14H14F9N3O/c1-7(2)26-9(12(15,16)17)8(5-24-26)10(27)25-4-3-11(6-25,13(18,19)20)14(21,22)23/h5,7H,3-4,6H2,1-2H3. The van der Waals surface area contributed by atoms with Crippen molar-refractivity contribution >= 4 is 5.91 Å². The molecule has 0 aromatic carbocycles. The van der Waals surface area contributed by atoms with E-state index in [0.717, 1.165) is 0 Å². The first-order valence-corrected chi connectivity index (χ1v) is 7.60. The zero-order valence-corrected chi connectivity index (χ0v) is 13.9. The smallest absolute Gasteiger partial charge is 0.337 e. The average molecular weight is 411 g/mol. The number of carbonyl (C=O) groups is 1. The van der Waals surface area contributed by atoms with Crippen LogP contribution in [0.15, 0.2) is 6.20 Å². The highest BCUT2D eigenvalue weighted by atomic mass is 19.4. The molecule has 0 atom stereocenters. The Morgan fingerprint density at radius 2 is 1.59 bits per heavy atom. The molecule has 0 radical (unpaired) electrons. The second-order valence-electron chi connectivity index (χ2n) is 6.50. The van der Waals surface area contributed by atoms with Crippen molar-refractivity contribution in [3.8, 4) is 0 Å². The molecule has 0 spiro atoms. The van der Waals surface area contributed by atoms with Crippen LogP contribution < -0.4 is 0 Å². The van der Waals surface area contributed by atoms with E-state index in [2.05, 4.69) is 5.10 Å². The van der Waals surface area contributed by atoms with Crippen molar-refractivity contribution in [1.82, 2.24) is 14.7 Å². The molecule has 0 saturated carbocycles. The van der Waals surface area contributed by atoms with Gasteiger partial charge in [-0.3, -0.25) is 9.48 Å². The van der Waals surface area contributed by atoms with Gasteiger partial charge in [0.15, 0.2) is 11.1 Å². The Morgan fingerprint density at radius 3 is 1.96 bits per heavy atom. The third-order valence-corrected chi connectivity index (χ3v) is 4.43. The minimum atomic E-state index is -5.71. The van der Waals surface area contributed by atoms with E-state index in [-0.39, 0.29) is 4.90 Å². The molecule has 13 heteroatoms. The molecule has 1 aliphatic rings. The minimum Gasteiger partial charge on any atom is -0.337 e. The summed E-state index contributed by atoms with van der Waals surface area (Å²) in [4.78, 5) is 12.5. The summed E-state index contributed by atoms with van der Waals surface area (Å²) in [6.07, 6.45) is -17.5. The van der Waals surface area contributed by atoms with Crippen LogP contribution in [0, 0.1) is 5.41 Å². The minimum absolute atomic E-state index is 0.137. The summed E-state index contributed by atoms with van der Waals surface area (Å²) in [5.74, 6) is -1.58. The molecular weight excluding hydrogens is 397 g/mol. The fourth-order valence-electron chi connectivity index (χ4n) is 2.97. The summed E-state index contributed by atoms with van der Waals surface area (Å²) in [7, 11) is 0. The third kappa shape index (κ3) is 3.47. The van der Waals surface area contributed by atoms with Gasteiger partial charge in [-0.25, -0.2) is 0 Å². The molecule has 154 valence electrons. The van der Waals surface area contributed by atoms with Crippen molar-refractivity contribution < 1.29 is 44.3 Å². The highest BCUT2D eigenvalue weighted by molar-refractivity contribution is 5.95. The monoisotopic (exact) mass is 411 g/mol. The molecule has 27 heavy (non-hydrogen) atoms. The average Bonchev–Trinajstić information content (AvgIpc) is 3.10. The molecule has 0 aliphatic carbocycles. The molecule has 1 amide bonds. The molecule has 4 nitrogen and oxygen atoms in total. The Balaban J connectivity index is 2.44. The number of rotatable bonds is 2. The maximum Gasteiger partial charge on any atom is 0.433 e. The largest absolute Gasteiger partial charge is 0.433 e. The molecule has 1 aromatic heterocycles. The second-order valence-corrected chi connectivity index (χ2v) is 6.50. The van der Waals surface area contributed by atoms with Gasteiger partial charge >= 0.3 is 18.5 Å². The quantitative estimate of drug-likeness (QED) is 0.675. The van der Waals surface area contributed by atoms with Gasteiger partial charge in [-0.05, 0) is 20.3 Å². The van der Waals surface area contributed by atoms with E-state index in [1.54, 1.807) is 0 Å². The zero-order chi connectivity index (χ0) is 21.0. The Hall–Kier alpha value is -1.95. The van der Waals surface area contributed by atoms with Gasteiger partial charge in [0.2, 0.25) is 0 Å². The van der Waals surface area contributed by atoms with E-state index in [1.165, 1.54) is 13.8 Å². The van der Waals surface area contributed by atoms with Gasteiger partial charge < -0.3 is 4.90 Å². The molecule has 1 saturated heterocycles. The lowest BCUT2D eigenvalue weighted by molar-refractivity contribution is -0.334. The molecule has 1 aromatic rings. The molecule has 2 rings (SSSR count). The van der Waals surface area contributed by atoms with Gasteiger partial charge in [-0.1, -0.05) is 0 Å². The number of hydrogen-bond acceptors (Lipinski definition) is 2. The van der Waals surface area contributed by atoms with Crippen LogP contribution in [0.1, 0.15) is 42.4 Å². The molecular formula is C14H14F9N3O. The van der Waals surface area contributed by atoms with Crippen molar-refractivity contribution in [1.29, 1.82) is 0 Å². The lowest BCUT2D eigenvalue weighted by Crippen LogP contribution is -2.52. The van der Waals surface area contributed by atoms with Gasteiger partial charge in [-0.2, -0.15) is 44.6 Å². The van der Waals surface area contributed by atoms with Crippen LogP contribution >= 0.6 is 0 Å². The summed E-state index contributed by atoms with van der Waals surface area (Å²) in [6.45, 7) is -0.139. The lowest BCUT2D eigenvalue weighted by atomic mass is 9.85. The zero-order valence-electron chi connectivity index (χ0n) is 13.9. The van der Waals surface area contributed by atoms with E-state index in [0.29, 0.717) is 10.9 Å². The van der Waals surface area contributed by atoms with Crippen molar-refractivity contribution in [3.05, 3.63) is 17.5 Å². The first kappa shape index (κ1) is 21.4. The van der Waals surface area contributed by atoms with Crippen LogP contribution in [-0.2, 0) is 6.18 Å². The number of nitrogens with zero attached hydrogens (tertiary/aromatic N) is 3. The summed E-state index contributed by atoms with van der Waals surface area (Å²) in [5.41, 5.74) is -6.78. The Morgan fingerprint density at radius 1 is 1.07 bits per heavy atom. The van der Waals surface area contributed by atoms with Crippen LogP contribution in [-0.4, -0.2) is 46.0 Å². The number of carbonyl (C=O) groups excluding carboxylic acids is 1. The van der Waals surface area contributed by atoms with Gasteiger partial charge in [0, 0.05) is 19.1 Å². The number of likely N-dealkylation sites (tertiary alicyclic amines) is 1. The predicted molar refractivity (Wildman–Crippen MR) is 72.7 cm³/mol. The number of aromatic nitrogens is 2. The highest BCUT2D eigenvalue weighted by Gasteiger charge is 2.73. The van der Waals surface area contributed by atoms with Gasteiger partial charge in [-0.15, -0.1) is 0 Å².